The van der Waals surface area contributed by atoms with Gasteiger partial charge in [0.2, 0.25) is 3.79 Å². The Morgan fingerprint density at radius 3 is 2.47 bits per heavy atom. The molecule has 0 radical (unpaired) electrons. The molecule has 30 heavy (non-hydrogen) atoms. The van der Waals surface area contributed by atoms with Crippen LogP contribution in [0.3, 0.4) is 0 Å². The monoisotopic (exact) mass is 551 g/mol. The first-order valence-corrected chi connectivity index (χ1v) is 10.9. The highest BCUT2D eigenvalue weighted by molar-refractivity contribution is 9.10. The molecule has 0 fully saturated rings. The highest BCUT2D eigenvalue weighted by Crippen LogP contribution is 2.29. The zero-order chi connectivity index (χ0) is 22.3. The van der Waals surface area contributed by atoms with Crippen molar-refractivity contribution in [2.75, 3.05) is 11.9 Å². The van der Waals surface area contributed by atoms with E-state index in [9.17, 15) is 9.59 Å². The number of anilines is 1. The number of benzene rings is 2. The zero-order valence-electron chi connectivity index (χ0n) is 15.5. The van der Waals surface area contributed by atoms with Crippen LogP contribution in [0.25, 0.3) is 0 Å². The molecule has 11 heteroatoms. The third-order valence-corrected chi connectivity index (χ3v) is 5.00. The molecule has 2 aromatic rings. The largest absolute Gasteiger partial charge is 0.462 e. The number of ether oxygens (including phenoxy) is 1. The number of alkyl halides is 3. The fraction of sp³-hybridized carbons (Fsp3) is 0.211. The number of amides is 1. The number of nitrogens with one attached hydrogen (secondary N) is 3. The van der Waals surface area contributed by atoms with E-state index in [2.05, 4.69) is 31.9 Å². The van der Waals surface area contributed by atoms with Gasteiger partial charge < -0.3 is 20.7 Å². The predicted molar refractivity (Wildman–Crippen MR) is 127 cm³/mol. The Morgan fingerprint density at radius 2 is 1.83 bits per heavy atom. The number of carbonyl (C=O) groups is 2. The predicted octanol–water partition coefficient (Wildman–Crippen LogP) is 5.04. The van der Waals surface area contributed by atoms with Crippen LogP contribution in [-0.2, 0) is 4.74 Å². The van der Waals surface area contributed by atoms with Gasteiger partial charge in [-0.1, -0.05) is 68.9 Å². The Labute approximate surface area is 202 Å². The SMILES string of the molecule is CCOC(=O)c1ccccc1NC(=S)NC(NC(=O)c1cccc(Br)c1)C(Cl)(Cl)Cl. The summed E-state index contributed by atoms with van der Waals surface area (Å²) in [6.07, 6.45) is -1.16. The molecule has 3 N–H and O–H groups in total. The first-order chi connectivity index (χ1) is 14.1. The van der Waals surface area contributed by atoms with Crippen LogP contribution in [0.1, 0.15) is 27.6 Å². The maximum Gasteiger partial charge on any atom is 0.340 e. The van der Waals surface area contributed by atoms with Crippen LogP contribution >= 0.6 is 63.0 Å². The molecule has 0 saturated heterocycles. The topological polar surface area (TPSA) is 79.5 Å². The van der Waals surface area contributed by atoms with Gasteiger partial charge in [0, 0.05) is 10.0 Å². The molecule has 0 aromatic heterocycles. The summed E-state index contributed by atoms with van der Waals surface area (Å²) in [7, 11) is 0. The van der Waals surface area contributed by atoms with E-state index in [0.717, 1.165) is 4.47 Å². The Morgan fingerprint density at radius 1 is 1.13 bits per heavy atom. The number of thiocarbonyl (C=S) groups is 1. The maximum atomic E-state index is 12.5. The van der Waals surface area contributed by atoms with Crippen molar-refractivity contribution in [2.45, 2.75) is 16.9 Å². The van der Waals surface area contributed by atoms with Crippen LogP contribution in [-0.4, -0.2) is 33.6 Å². The standard InChI is InChI=1S/C19H17BrCl3N3O3S/c1-2-29-16(28)13-8-3-4-9-14(13)24-18(30)26-17(19(21,22)23)25-15(27)11-6-5-7-12(20)10-11/h3-10,17H,2H2,1H3,(H,25,27)(H2,24,26,30). The quantitative estimate of drug-likeness (QED) is 0.201. The summed E-state index contributed by atoms with van der Waals surface area (Å²) in [5, 5.41) is 8.22. The van der Waals surface area contributed by atoms with Crippen LogP contribution in [0.5, 0.6) is 0 Å². The molecule has 0 saturated carbocycles. The van der Waals surface area contributed by atoms with Crippen molar-refractivity contribution in [3.05, 3.63) is 64.1 Å². The number of halogens is 4. The lowest BCUT2D eigenvalue weighted by Gasteiger charge is -2.28. The van der Waals surface area contributed by atoms with E-state index in [1.165, 1.54) is 0 Å². The smallest absolute Gasteiger partial charge is 0.340 e. The molecular formula is C19H17BrCl3N3O3S. The number of esters is 1. The summed E-state index contributed by atoms with van der Waals surface area (Å²) in [5.41, 5.74) is 1.04. The van der Waals surface area contributed by atoms with Crippen LogP contribution in [0.4, 0.5) is 5.69 Å². The second-order valence-corrected chi connectivity index (χ2v) is 9.52. The lowest BCUT2D eigenvalue weighted by Crippen LogP contribution is -2.56. The zero-order valence-corrected chi connectivity index (χ0v) is 20.2. The van der Waals surface area contributed by atoms with Crippen LogP contribution in [0.15, 0.2) is 53.0 Å². The van der Waals surface area contributed by atoms with Crippen molar-refractivity contribution in [2.24, 2.45) is 0 Å². The lowest BCUT2D eigenvalue weighted by molar-refractivity contribution is 0.0527. The van der Waals surface area contributed by atoms with Crippen molar-refractivity contribution >= 4 is 85.6 Å². The highest BCUT2D eigenvalue weighted by Gasteiger charge is 2.35. The fourth-order valence-corrected chi connectivity index (χ4v) is 3.27. The van der Waals surface area contributed by atoms with E-state index < -0.39 is 21.8 Å². The average molecular weight is 554 g/mol. The molecule has 0 aliphatic heterocycles. The fourth-order valence-electron chi connectivity index (χ4n) is 2.31. The van der Waals surface area contributed by atoms with Gasteiger partial charge in [-0.05, 0) is 49.5 Å². The molecular weight excluding hydrogens is 537 g/mol. The molecule has 2 aromatic carbocycles. The summed E-state index contributed by atoms with van der Waals surface area (Å²) in [6, 6.07) is 13.4. The molecule has 0 spiro atoms. The van der Waals surface area contributed by atoms with E-state index in [4.69, 9.17) is 51.8 Å². The molecule has 1 atom stereocenters. The number of rotatable bonds is 6. The van der Waals surface area contributed by atoms with Gasteiger partial charge in [-0.2, -0.15) is 0 Å². The normalized spacial score (nSPS) is 11.9. The first-order valence-electron chi connectivity index (χ1n) is 8.58. The van der Waals surface area contributed by atoms with Gasteiger partial charge >= 0.3 is 5.97 Å². The summed E-state index contributed by atoms with van der Waals surface area (Å²) in [5.74, 6) is -0.987. The second kappa shape index (κ2) is 11.2. The Kier molecular flexibility index (Phi) is 9.18. The molecule has 1 amide bonds. The Bertz CT molecular complexity index is 940. The Hall–Kier alpha value is -1.58. The summed E-state index contributed by atoms with van der Waals surface area (Å²) in [4.78, 5) is 24.6. The van der Waals surface area contributed by atoms with Crippen LogP contribution < -0.4 is 16.0 Å². The molecule has 160 valence electrons. The van der Waals surface area contributed by atoms with Gasteiger partial charge in [-0.25, -0.2) is 4.79 Å². The van der Waals surface area contributed by atoms with Crippen molar-refractivity contribution in [1.29, 1.82) is 0 Å². The summed E-state index contributed by atoms with van der Waals surface area (Å²) in [6.45, 7) is 1.94. The average Bonchev–Trinajstić information content (AvgIpc) is 2.67. The number of hydrogen-bond donors (Lipinski definition) is 3. The van der Waals surface area contributed by atoms with Gasteiger partial charge in [-0.3, -0.25) is 4.79 Å². The molecule has 0 bridgehead atoms. The van der Waals surface area contributed by atoms with Crippen molar-refractivity contribution in [1.82, 2.24) is 10.6 Å². The highest BCUT2D eigenvalue weighted by atomic mass is 79.9. The van der Waals surface area contributed by atoms with Crippen molar-refractivity contribution in [3.8, 4) is 0 Å². The molecule has 0 aliphatic rings. The summed E-state index contributed by atoms with van der Waals surface area (Å²) < 4.78 is 3.83. The number of hydrogen-bond acceptors (Lipinski definition) is 4. The van der Waals surface area contributed by atoms with E-state index >= 15 is 0 Å². The minimum atomic E-state index is -1.92. The van der Waals surface area contributed by atoms with Gasteiger partial charge in [0.15, 0.2) is 5.11 Å². The lowest BCUT2D eigenvalue weighted by atomic mass is 10.2. The van der Waals surface area contributed by atoms with Crippen LogP contribution in [0.2, 0.25) is 0 Å². The first kappa shape index (κ1) is 24.7. The minimum absolute atomic E-state index is 0.0256. The molecule has 0 aliphatic carbocycles. The van der Waals surface area contributed by atoms with Gasteiger partial charge in [0.05, 0.1) is 17.9 Å². The molecule has 0 heterocycles. The van der Waals surface area contributed by atoms with E-state index in [1.54, 1.807) is 55.5 Å². The third kappa shape index (κ3) is 7.28. The van der Waals surface area contributed by atoms with Crippen LogP contribution in [0, 0.1) is 0 Å². The third-order valence-electron chi connectivity index (χ3n) is 3.64. The number of para-hydroxylation sites is 1. The van der Waals surface area contributed by atoms with Crippen molar-refractivity contribution < 1.29 is 14.3 Å². The van der Waals surface area contributed by atoms with E-state index in [0.29, 0.717) is 11.3 Å². The number of carbonyl (C=O) groups excluding carboxylic acids is 2. The molecule has 6 nitrogen and oxygen atoms in total. The Balaban J connectivity index is 2.13. The molecule has 2 rings (SSSR count). The van der Waals surface area contributed by atoms with Gasteiger partial charge in [0.1, 0.15) is 6.17 Å². The van der Waals surface area contributed by atoms with Gasteiger partial charge in [-0.15, -0.1) is 0 Å². The van der Waals surface area contributed by atoms with Crippen molar-refractivity contribution in [3.63, 3.8) is 0 Å². The molecule has 1 unspecified atom stereocenters. The summed E-state index contributed by atoms with van der Waals surface area (Å²) >= 11 is 26.6. The van der Waals surface area contributed by atoms with E-state index in [-0.39, 0.29) is 17.3 Å². The van der Waals surface area contributed by atoms with Gasteiger partial charge in [0.25, 0.3) is 5.91 Å². The second-order valence-electron chi connectivity index (χ2n) is 5.82. The minimum Gasteiger partial charge on any atom is -0.462 e. The maximum absolute atomic E-state index is 12.5. The van der Waals surface area contributed by atoms with E-state index in [1.807, 2.05) is 0 Å².